The van der Waals surface area contributed by atoms with Crippen LogP contribution in [0.25, 0.3) is 5.82 Å². The Bertz CT molecular complexity index is 1280. The Balaban J connectivity index is 0.000000203. The molecule has 4 aromatic heterocycles. The Kier molecular flexibility index (Phi) is 10.7. The Morgan fingerprint density at radius 1 is 0.886 bits per heavy atom. The van der Waals surface area contributed by atoms with Gasteiger partial charge >= 0.3 is 11.9 Å². The van der Waals surface area contributed by atoms with Gasteiger partial charge in [0.1, 0.15) is 11.0 Å². The van der Waals surface area contributed by atoms with E-state index in [-0.39, 0.29) is 22.5 Å². The lowest BCUT2D eigenvalue weighted by Crippen LogP contribution is -2.01. The molecule has 13 heteroatoms. The highest BCUT2D eigenvalue weighted by atomic mass is 35.5. The van der Waals surface area contributed by atoms with E-state index in [1.54, 1.807) is 53.9 Å². The number of nitrogens with zero attached hydrogens (tertiary/aromatic N) is 5. The van der Waals surface area contributed by atoms with E-state index >= 15 is 0 Å². The summed E-state index contributed by atoms with van der Waals surface area (Å²) >= 11 is 16.7. The molecule has 35 heavy (non-hydrogen) atoms. The number of halogens is 3. The van der Waals surface area contributed by atoms with Crippen LogP contribution in [0.2, 0.25) is 15.7 Å². The van der Waals surface area contributed by atoms with Crippen molar-refractivity contribution < 1.29 is 19.1 Å². The fraction of sp³-hybridized carbons (Fsp3) is 0.182. The van der Waals surface area contributed by atoms with E-state index in [1.165, 1.54) is 14.2 Å². The zero-order valence-electron chi connectivity index (χ0n) is 19.1. The SMILES string of the molecule is COC(=O)c1cc[nH]c1.COC(=O)c1ccn(-c2nc(Cl)ncc2C)c1.Cc1cnc(Cl)nc1Cl. The van der Waals surface area contributed by atoms with Crippen molar-refractivity contribution in [1.29, 1.82) is 0 Å². The summed E-state index contributed by atoms with van der Waals surface area (Å²) in [5, 5.41) is 0.763. The number of methoxy groups -OCH3 is 2. The molecule has 10 nitrogen and oxygen atoms in total. The lowest BCUT2D eigenvalue weighted by molar-refractivity contribution is 0.0592. The summed E-state index contributed by atoms with van der Waals surface area (Å²) in [6.07, 6.45) is 9.83. The summed E-state index contributed by atoms with van der Waals surface area (Å²) in [6, 6.07) is 3.31. The number of ether oxygens (including phenoxy) is 2. The molecule has 0 aliphatic heterocycles. The molecule has 0 amide bonds. The van der Waals surface area contributed by atoms with E-state index in [0.29, 0.717) is 22.1 Å². The maximum absolute atomic E-state index is 11.3. The Labute approximate surface area is 216 Å². The van der Waals surface area contributed by atoms with Crippen LogP contribution in [0.4, 0.5) is 0 Å². The number of hydrogen-bond donors (Lipinski definition) is 1. The van der Waals surface area contributed by atoms with Crippen LogP contribution in [0.1, 0.15) is 31.8 Å². The van der Waals surface area contributed by atoms with Crippen LogP contribution in [-0.2, 0) is 9.47 Å². The average molecular weight is 540 g/mol. The molecule has 0 aliphatic rings. The fourth-order valence-electron chi connectivity index (χ4n) is 2.41. The molecule has 0 saturated carbocycles. The molecule has 0 aromatic carbocycles. The molecule has 0 bridgehead atoms. The van der Waals surface area contributed by atoms with E-state index in [4.69, 9.17) is 34.8 Å². The Hall–Kier alpha value is -3.47. The third-order valence-corrected chi connectivity index (χ3v) is 4.92. The van der Waals surface area contributed by atoms with Crippen LogP contribution < -0.4 is 0 Å². The van der Waals surface area contributed by atoms with Gasteiger partial charge in [-0.3, -0.25) is 0 Å². The van der Waals surface area contributed by atoms with Gasteiger partial charge in [0.15, 0.2) is 0 Å². The van der Waals surface area contributed by atoms with Gasteiger partial charge in [-0.05, 0) is 49.2 Å². The second-order valence-electron chi connectivity index (χ2n) is 6.65. The van der Waals surface area contributed by atoms with E-state index in [2.05, 4.69) is 34.4 Å². The van der Waals surface area contributed by atoms with Crippen LogP contribution in [0, 0.1) is 13.8 Å². The van der Waals surface area contributed by atoms with Gasteiger partial charge in [-0.2, -0.15) is 4.98 Å². The molecule has 4 rings (SSSR count). The van der Waals surface area contributed by atoms with E-state index in [9.17, 15) is 9.59 Å². The Morgan fingerprint density at radius 3 is 2.03 bits per heavy atom. The number of carbonyl (C=O) groups is 2. The second kappa shape index (κ2) is 13.4. The zero-order valence-corrected chi connectivity index (χ0v) is 21.4. The van der Waals surface area contributed by atoms with Crippen molar-refractivity contribution in [2.24, 2.45) is 0 Å². The molecule has 4 heterocycles. The summed E-state index contributed by atoms with van der Waals surface area (Å²) in [5.74, 6) is -0.0574. The van der Waals surface area contributed by atoms with Crippen molar-refractivity contribution >= 4 is 46.7 Å². The number of nitrogens with one attached hydrogen (secondary N) is 1. The van der Waals surface area contributed by atoms with Gasteiger partial charge in [-0.15, -0.1) is 0 Å². The molecule has 0 radical (unpaired) electrons. The molecule has 0 atom stereocenters. The van der Waals surface area contributed by atoms with E-state index < -0.39 is 0 Å². The van der Waals surface area contributed by atoms with E-state index in [1.807, 2.05) is 13.8 Å². The molecule has 0 fully saturated rings. The normalized spacial score (nSPS) is 9.80. The molecule has 4 aromatic rings. The average Bonchev–Trinajstić information content (AvgIpc) is 3.56. The van der Waals surface area contributed by atoms with Gasteiger partial charge in [-0.1, -0.05) is 11.6 Å². The van der Waals surface area contributed by atoms with Gasteiger partial charge < -0.3 is 19.0 Å². The highest BCUT2D eigenvalue weighted by molar-refractivity contribution is 6.32. The first-order chi connectivity index (χ1) is 16.7. The first-order valence-corrected chi connectivity index (χ1v) is 10.9. The van der Waals surface area contributed by atoms with Crippen LogP contribution in [-0.4, -0.2) is 55.6 Å². The lowest BCUT2D eigenvalue weighted by Gasteiger charge is -2.05. The molecular weight excluding hydrogens is 519 g/mol. The number of aromatic nitrogens is 6. The van der Waals surface area contributed by atoms with Crippen LogP contribution in [0.5, 0.6) is 0 Å². The summed E-state index contributed by atoms with van der Waals surface area (Å²) in [5.41, 5.74) is 2.71. The number of aryl methyl sites for hydroxylation is 2. The minimum atomic E-state index is -0.387. The first-order valence-electron chi connectivity index (χ1n) is 9.77. The lowest BCUT2D eigenvalue weighted by atomic mass is 10.3. The molecular formula is C22H21Cl3N6O4. The highest BCUT2D eigenvalue weighted by Gasteiger charge is 2.10. The van der Waals surface area contributed by atoms with Crippen molar-refractivity contribution in [3.05, 3.63) is 87.3 Å². The van der Waals surface area contributed by atoms with Gasteiger partial charge in [-0.25, -0.2) is 24.5 Å². The summed E-state index contributed by atoms with van der Waals surface area (Å²) in [6.45, 7) is 3.68. The van der Waals surface area contributed by atoms with Crippen LogP contribution in [0.15, 0.2) is 49.3 Å². The first kappa shape index (κ1) is 27.8. The molecule has 0 aliphatic carbocycles. The van der Waals surface area contributed by atoms with Crippen LogP contribution >= 0.6 is 34.8 Å². The molecule has 0 saturated heterocycles. The largest absolute Gasteiger partial charge is 0.465 e. The summed E-state index contributed by atoms with van der Waals surface area (Å²) in [4.78, 5) is 40.1. The quantitative estimate of drug-likeness (QED) is 0.221. The minimum Gasteiger partial charge on any atom is -0.465 e. The number of carbonyl (C=O) groups excluding carboxylic acids is 2. The topological polar surface area (TPSA) is 125 Å². The van der Waals surface area contributed by atoms with Crippen LogP contribution in [0.3, 0.4) is 0 Å². The number of hydrogen-bond acceptors (Lipinski definition) is 8. The highest BCUT2D eigenvalue weighted by Crippen LogP contribution is 2.15. The maximum Gasteiger partial charge on any atom is 0.339 e. The predicted molar refractivity (Wildman–Crippen MR) is 131 cm³/mol. The van der Waals surface area contributed by atoms with Gasteiger partial charge in [0.25, 0.3) is 0 Å². The summed E-state index contributed by atoms with van der Waals surface area (Å²) < 4.78 is 10.8. The van der Waals surface area contributed by atoms with Gasteiger partial charge in [0.2, 0.25) is 10.6 Å². The molecule has 184 valence electrons. The second-order valence-corrected chi connectivity index (χ2v) is 7.68. The summed E-state index contributed by atoms with van der Waals surface area (Å²) in [7, 11) is 2.70. The fourth-order valence-corrected chi connectivity index (χ4v) is 2.84. The number of aromatic amines is 1. The van der Waals surface area contributed by atoms with E-state index in [0.717, 1.165) is 11.1 Å². The van der Waals surface area contributed by atoms with Gasteiger partial charge in [0.05, 0.1) is 25.3 Å². The maximum atomic E-state index is 11.3. The number of rotatable bonds is 3. The number of esters is 2. The van der Waals surface area contributed by atoms with Crippen molar-refractivity contribution in [3.8, 4) is 5.82 Å². The van der Waals surface area contributed by atoms with Crippen molar-refractivity contribution in [3.63, 3.8) is 0 Å². The zero-order chi connectivity index (χ0) is 26.0. The molecule has 0 spiro atoms. The third-order valence-electron chi connectivity index (χ3n) is 4.17. The predicted octanol–water partition coefficient (Wildman–Crippen LogP) is 4.91. The van der Waals surface area contributed by atoms with Crippen molar-refractivity contribution in [1.82, 2.24) is 29.5 Å². The Morgan fingerprint density at radius 2 is 1.49 bits per heavy atom. The minimum absolute atomic E-state index is 0.166. The smallest absolute Gasteiger partial charge is 0.339 e. The standard InChI is InChI=1S/C11H10ClN3O2.C6H7NO2.C5H4Cl2N2/c1-7-5-13-11(12)14-9(7)15-4-3-8(6-15)10(16)17-2;1-9-6(8)5-2-3-7-4-5;1-3-2-8-5(7)9-4(3)6/h3-6H,1-2H3;2-4,7H,1H3;2H,1H3. The van der Waals surface area contributed by atoms with Crippen molar-refractivity contribution in [2.75, 3.05) is 14.2 Å². The number of H-pyrrole nitrogens is 1. The van der Waals surface area contributed by atoms with Gasteiger partial charge in [0, 0.05) is 48.3 Å². The van der Waals surface area contributed by atoms with Crippen molar-refractivity contribution in [2.45, 2.75) is 13.8 Å². The molecule has 0 unspecified atom stereocenters. The third kappa shape index (κ3) is 8.36. The monoisotopic (exact) mass is 538 g/mol. The molecule has 1 N–H and O–H groups in total.